The van der Waals surface area contributed by atoms with Gasteiger partial charge in [-0.05, 0) is 66.2 Å². The molecule has 150 valence electrons. The average Bonchev–Trinajstić information content (AvgIpc) is 2.43. The van der Waals surface area contributed by atoms with Crippen LogP contribution in [0.15, 0.2) is 0 Å². The average molecular weight is 370 g/mol. The van der Waals surface area contributed by atoms with Crippen molar-refractivity contribution < 1.29 is 28.5 Å². The Labute approximate surface area is 156 Å². The first-order chi connectivity index (χ1) is 11.9. The van der Waals surface area contributed by atoms with Crippen molar-refractivity contribution in [3.8, 4) is 0 Å². The zero-order chi connectivity index (χ0) is 19.5. The Morgan fingerprint density at radius 2 is 1.04 bits per heavy atom. The molecule has 0 heterocycles. The summed E-state index contributed by atoms with van der Waals surface area (Å²) in [6.07, 6.45) is 3.69. The molecule has 4 unspecified atom stereocenters. The number of carbonyl (C=O) groups is 2. The number of hydrogen-bond donors (Lipinski definition) is 0. The zero-order valence-corrected chi connectivity index (χ0v) is 17.0. The van der Waals surface area contributed by atoms with Crippen LogP contribution in [0.4, 0.5) is 9.59 Å². The van der Waals surface area contributed by atoms with Gasteiger partial charge in [0.15, 0.2) is 0 Å². The monoisotopic (exact) mass is 370 g/mol. The lowest BCUT2D eigenvalue weighted by Crippen LogP contribution is -2.46. The lowest BCUT2D eigenvalue weighted by molar-refractivity contribution is -0.115. The van der Waals surface area contributed by atoms with Crippen LogP contribution in [0.1, 0.15) is 80.1 Å². The Kier molecular flexibility index (Phi) is 6.46. The summed E-state index contributed by atoms with van der Waals surface area (Å²) in [6, 6.07) is 0. The third-order valence-electron chi connectivity index (χ3n) is 4.83. The minimum atomic E-state index is -0.713. The molecular weight excluding hydrogens is 336 g/mol. The van der Waals surface area contributed by atoms with Crippen molar-refractivity contribution >= 4 is 12.3 Å². The van der Waals surface area contributed by atoms with E-state index in [0.717, 1.165) is 12.8 Å². The summed E-state index contributed by atoms with van der Waals surface area (Å²) < 4.78 is 21.7. The quantitative estimate of drug-likeness (QED) is 0.620. The second kappa shape index (κ2) is 8.05. The van der Waals surface area contributed by atoms with Crippen LogP contribution < -0.4 is 0 Å². The Balaban J connectivity index is 2.04. The SMILES string of the molecule is CC(C)(C)OC(=O)OC1CC2CCCCC2CC1OC(=O)OC(C)(C)C. The molecule has 2 fully saturated rings. The maximum Gasteiger partial charge on any atom is 0.509 e. The molecule has 26 heavy (non-hydrogen) atoms. The summed E-state index contributed by atoms with van der Waals surface area (Å²) in [4.78, 5) is 24.3. The standard InChI is InChI=1S/C20H34O6/c1-19(2,3)25-17(21)23-15-11-13-9-7-8-10-14(13)12-16(15)24-18(22)26-20(4,5)6/h13-16H,7-12H2,1-6H3. The Morgan fingerprint density at radius 3 is 1.35 bits per heavy atom. The number of hydrogen-bond acceptors (Lipinski definition) is 6. The van der Waals surface area contributed by atoms with Gasteiger partial charge in [-0.25, -0.2) is 9.59 Å². The number of rotatable bonds is 2. The fourth-order valence-electron chi connectivity index (χ4n) is 3.85. The molecule has 0 aliphatic heterocycles. The lowest BCUT2D eigenvalue weighted by Gasteiger charge is -2.42. The van der Waals surface area contributed by atoms with E-state index in [0.29, 0.717) is 24.7 Å². The van der Waals surface area contributed by atoms with E-state index in [1.807, 2.05) is 0 Å². The van der Waals surface area contributed by atoms with Crippen molar-refractivity contribution in [2.75, 3.05) is 0 Å². The molecule has 2 aliphatic rings. The molecule has 2 saturated carbocycles. The van der Waals surface area contributed by atoms with Gasteiger partial charge in [-0.1, -0.05) is 25.7 Å². The highest BCUT2D eigenvalue weighted by atomic mass is 16.8. The predicted molar refractivity (Wildman–Crippen MR) is 96.9 cm³/mol. The molecular formula is C20H34O6. The maximum atomic E-state index is 12.1. The fraction of sp³-hybridized carbons (Fsp3) is 0.900. The third-order valence-corrected chi connectivity index (χ3v) is 4.83. The summed E-state index contributed by atoms with van der Waals surface area (Å²) in [7, 11) is 0. The molecule has 0 saturated heterocycles. The van der Waals surface area contributed by atoms with Gasteiger partial charge in [-0.15, -0.1) is 0 Å². The van der Waals surface area contributed by atoms with Crippen molar-refractivity contribution in [2.24, 2.45) is 11.8 Å². The van der Waals surface area contributed by atoms with Crippen LogP contribution in [0, 0.1) is 11.8 Å². The first kappa shape index (κ1) is 20.8. The van der Waals surface area contributed by atoms with Gasteiger partial charge in [0.05, 0.1) is 0 Å². The molecule has 4 atom stereocenters. The summed E-state index contributed by atoms with van der Waals surface area (Å²) in [5.41, 5.74) is -1.25. The van der Waals surface area contributed by atoms with Crippen LogP contribution in [-0.2, 0) is 18.9 Å². The minimum Gasteiger partial charge on any atom is -0.429 e. The van der Waals surface area contributed by atoms with Gasteiger partial charge in [0.2, 0.25) is 0 Å². The van der Waals surface area contributed by atoms with Gasteiger partial charge in [-0.3, -0.25) is 0 Å². The number of ether oxygens (including phenoxy) is 4. The van der Waals surface area contributed by atoms with Gasteiger partial charge in [0.1, 0.15) is 23.4 Å². The van der Waals surface area contributed by atoms with Crippen molar-refractivity contribution in [1.82, 2.24) is 0 Å². The first-order valence-corrected chi connectivity index (χ1v) is 9.72. The van der Waals surface area contributed by atoms with E-state index in [1.54, 1.807) is 41.5 Å². The Hall–Kier alpha value is -1.46. The van der Waals surface area contributed by atoms with Crippen molar-refractivity contribution in [1.29, 1.82) is 0 Å². The normalized spacial score (nSPS) is 29.3. The molecule has 6 nitrogen and oxygen atoms in total. The molecule has 0 spiro atoms. The van der Waals surface area contributed by atoms with Gasteiger partial charge < -0.3 is 18.9 Å². The van der Waals surface area contributed by atoms with E-state index in [1.165, 1.54) is 12.8 Å². The zero-order valence-electron chi connectivity index (χ0n) is 17.0. The summed E-state index contributed by atoms with van der Waals surface area (Å²) in [6.45, 7) is 10.8. The maximum absolute atomic E-state index is 12.1. The number of fused-ring (bicyclic) bond motifs is 1. The molecule has 6 heteroatoms. The highest BCUT2D eigenvalue weighted by molar-refractivity contribution is 5.62. The van der Waals surface area contributed by atoms with Gasteiger partial charge in [-0.2, -0.15) is 0 Å². The van der Waals surface area contributed by atoms with Crippen molar-refractivity contribution in [2.45, 2.75) is 103 Å². The smallest absolute Gasteiger partial charge is 0.429 e. The molecule has 0 aromatic carbocycles. The van der Waals surface area contributed by atoms with E-state index in [-0.39, 0.29) is 0 Å². The predicted octanol–water partition coefficient (Wildman–Crippen LogP) is 5.23. The van der Waals surface area contributed by atoms with Crippen LogP contribution in [0.3, 0.4) is 0 Å². The molecule has 0 N–H and O–H groups in total. The van der Waals surface area contributed by atoms with E-state index in [4.69, 9.17) is 18.9 Å². The van der Waals surface area contributed by atoms with Crippen LogP contribution in [0.5, 0.6) is 0 Å². The minimum absolute atomic E-state index is 0.489. The van der Waals surface area contributed by atoms with Crippen LogP contribution >= 0.6 is 0 Å². The Bertz CT molecular complexity index is 455. The van der Waals surface area contributed by atoms with Gasteiger partial charge >= 0.3 is 12.3 Å². The molecule has 0 aromatic heterocycles. The van der Waals surface area contributed by atoms with Crippen molar-refractivity contribution in [3.63, 3.8) is 0 Å². The van der Waals surface area contributed by atoms with Crippen LogP contribution in [0.25, 0.3) is 0 Å². The lowest BCUT2D eigenvalue weighted by atomic mass is 9.69. The highest BCUT2D eigenvalue weighted by Gasteiger charge is 2.43. The first-order valence-electron chi connectivity index (χ1n) is 9.72. The summed E-state index contributed by atoms with van der Waals surface area (Å²) >= 11 is 0. The Morgan fingerprint density at radius 1 is 0.692 bits per heavy atom. The highest BCUT2D eigenvalue weighted by Crippen LogP contribution is 2.42. The van der Waals surface area contributed by atoms with E-state index in [9.17, 15) is 9.59 Å². The van der Waals surface area contributed by atoms with Crippen LogP contribution in [-0.4, -0.2) is 35.7 Å². The largest absolute Gasteiger partial charge is 0.509 e. The number of carbonyl (C=O) groups excluding carboxylic acids is 2. The van der Waals surface area contributed by atoms with E-state index >= 15 is 0 Å². The third kappa shape index (κ3) is 6.69. The molecule has 0 radical (unpaired) electrons. The molecule has 2 aliphatic carbocycles. The van der Waals surface area contributed by atoms with Crippen molar-refractivity contribution in [3.05, 3.63) is 0 Å². The van der Waals surface area contributed by atoms with E-state index < -0.39 is 35.7 Å². The summed E-state index contributed by atoms with van der Waals surface area (Å²) in [5.74, 6) is 1.02. The molecule has 2 rings (SSSR count). The van der Waals surface area contributed by atoms with Gasteiger partial charge in [0, 0.05) is 0 Å². The summed E-state index contributed by atoms with van der Waals surface area (Å²) in [5, 5.41) is 0. The fourth-order valence-corrected chi connectivity index (χ4v) is 3.85. The molecule has 0 bridgehead atoms. The van der Waals surface area contributed by atoms with E-state index in [2.05, 4.69) is 0 Å². The van der Waals surface area contributed by atoms with Gasteiger partial charge in [0.25, 0.3) is 0 Å². The van der Waals surface area contributed by atoms with Crippen LogP contribution in [0.2, 0.25) is 0 Å². The molecule has 0 aromatic rings. The molecule has 0 amide bonds. The second-order valence-corrected chi connectivity index (χ2v) is 9.52. The topological polar surface area (TPSA) is 71.1 Å². The second-order valence-electron chi connectivity index (χ2n) is 9.52.